The number of rotatable bonds is 5. The Kier molecular flexibility index (Phi) is 14.5. The van der Waals surface area contributed by atoms with Gasteiger partial charge in [0.05, 0.1) is 0 Å². The summed E-state index contributed by atoms with van der Waals surface area (Å²) in [5.41, 5.74) is 0. The molecule has 0 aliphatic rings. The van der Waals surface area contributed by atoms with E-state index in [0.717, 1.165) is 38.2 Å². The zero-order valence-electron chi connectivity index (χ0n) is 8.51. The molecule has 3 heteroatoms. The maximum atomic E-state index is 4.35. The van der Waals surface area contributed by atoms with Gasteiger partial charge >= 0.3 is 0 Å². The Morgan fingerprint density at radius 2 is 1.83 bits per heavy atom. The first kappa shape index (κ1) is 15.1. The molecule has 0 heterocycles. The summed E-state index contributed by atoms with van der Waals surface area (Å²) in [5, 5.41) is 4.35. The number of amidine groups is 1. The van der Waals surface area contributed by atoms with Crippen molar-refractivity contribution in [1.29, 1.82) is 0 Å². The van der Waals surface area contributed by atoms with Crippen LogP contribution in [0.15, 0.2) is 4.99 Å². The first-order valence-corrected chi connectivity index (χ1v) is 4.55. The molecular formula is C9H19N2Y-. The van der Waals surface area contributed by atoms with Crippen LogP contribution < -0.4 is 0 Å². The Bertz CT molecular complexity index is 113. The van der Waals surface area contributed by atoms with E-state index in [1.807, 2.05) is 0 Å². The molecule has 0 unspecified atom stereocenters. The van der Waals surface area contributed by atoms with E-state index < -0.39 is 0 Å². The first-order chi connectivity index (χ1) is 5.35. The maximum absolute atomic E-state index is 4.35. The van der Waals surface area contributed by atoms with E-state index in [0.29, 0.717) is 0 Å². The van der Waals surface area contributed by atoms with Gasteiger partial charge in [-0.2, -0.15) is 0 Å². The third-order valence-electron chi connectivity index (χ3n) is 1.35. The largest absolute Gasteiger partial charge is 0.469 e. The van der Waals surface area contributed by atoms with Gasteiger partial charge in [-0.3, -0.25) is 0 Å². The molecular weight excluding hydrogens is 225 g/mol. The van der Waals surface area contributed by atoms with E-state index in [-0.39, 0.29) is 32.7 Å². The van der Waals surface area contributed by atoms with Gasteiger partial charge in [-0.25, -0.2) is 0 Å². The molecule has 0 amide bonds. The molecule has 0 N–H and O–H groups in total. The molecule has 0 rings (SSSR count). The van der Waals surface area contributed by atoms with E-state index in [1.54, 1.807) is 0 Å². The Balaban J connectivity index is 0. The summed E-state index contributed by atoms with van der Waals surface area (Å²) in [6.07, 6.45) is 3.20. The second-order valence-corrected chi connectivity index (χ2v) is 2.53. The summed E-state index contributed by atoms with van der Waals surface area (Å²) >= 11 is 0. The Morgan fingerprint density at radius 3 is 2.25 bits per heavy atom. The van der Waals surface area contributed by atoms with Gasteiger partial charge in [0.15, 0.2) is 0 Å². The second-order valence-electron chi connectivity index (χ2n) is 2.53. The van der Waals surface area contributed by atoms with Crippen LogP contribution in [-0.2, 0) is 32.7 Å². The fraction of sp³-hybridized carbons (Fsp3) is 0.889. The van der Waals surface area contributed by atoms with Gasteiger partial charge < -0.3 is 10.3 Å². The zero-order valence-corrected chi connectivity index (χ0v) is 11.3. The standard InChI is InChI=1S/C9H19N2.Y/c1-4-7-10-9(6-3)11-8-5-2;/h4-8H2,1-3H3;/q-1;. The SMILES string of the molecule is CCCN=C(CC)[N-]CCC.[Y]. The van der Waals surface area contributed by atoms with Crippen LogP contribution in [0.5, 0.6) is 0 Å². The zero-order chi connectivity index (χ0) is 8.53. The van der Waals surface area contributed by atoms with Crippen molar-refractivity contribution in [3.05, 3.63) is 5.32 Å². The molecule has 2 nitrogen and oxygen atoms in total. The summed E-state index contributed by atoms with van der Waals surface area (Å²) in [7, 11) is 0. The predicted octanol–water partition coefficient (Wildman–Crippen LogP) is 2.99. The van der Waals surface area contributed by atoms with Crippen molar-refractivity contribution < 1.29 is 32.7 Å². The van der Waals surface area contributed by atoms with Gasteiger partial charge in [0.25, 0.3) is 0 Å². The van der Waals surface area contributed by atoms with Crippen LogP contribution in [0.1, 0.15) is 40.0 Å². The van der Waals surface area contributed by atoms with E-state index in [1.165, 1.54) is 0 Å². The Labute approximate surface area is 101 Å². The number of aliphatic imine (C=N–C) groups is 1. The van der Waals surface area contributed by atoms with Crippen LogP contribution >= 0.6 is 0 Å². The minimum Gasteiger partial charge on any atom is -0.469 e. The van der Waals surface area contributed by atoms with Gasteiger partial charge in [-0.15, -0.1) is 0 Å². The quantitative estimate of drug-likeness (QED) is 0.525. The topological polar surface area (TPSA) is 26.5 Å². The number of nitrogens with zero attached hydrogens (tertiary/aromatic N) is 2. The van der Waals surface area contributed by atoms with Crippen LogP contribution in [0.4, 0.5) is 0 Å². The van der Waals surface area contributed by atoms with E-state index in [4.69, 9.17) is 0 Å². The van der Waals surface area contributed by atoms with Gasteiger partial charge in [-0.1, -0.05) is 52.5 Å². The molecule has 0 fully saturated rings. The molecule has 0 spiro atoms. The maximum Gasteiger partial charge on any atom is 0 e. The third kappa shape index (κ3) is 8.67. The second kappa shape index (κ2) is 11.6. The fourth-order valence-corrected chi connectivity index (χ4v) is 0.755. The van der Waals surface area contributed by atoms with Crippen LogP contribution in [0.3, 0.4) is 0 Å². The van der Waals surface area contributed by atoms with E-state index in [2.05, 4.69) is 31.1 Å². The van der Waals surface area contributed by atoms with Gasteiger partial charge in [-0.05, 0) is 6.42 Å². The molecule has 0 aliphatic heterocycles. The summed E-state index contributed by atoms with van der Waals surface area (Å²) in [6, 6.07) is 0. The van der Waals surface area contributed by atoms with E-state index in [9.17, 15) is 0 Å². The van der Waals surface area contributed by atoms with Crippen molar-refractivity contribution >= 4 is 5.84 Å². The molecule has 12 heavy (non-hydrogen) atoms. The first-order valence-electron chi connectivity index (χ1n) is 4.55. The fourth-order valence-electron chi connectivity index (χ4n) is 0.755. The van der Waals surface area contributed by atoms with Gasteiger partial charge in [0.1, 0.15) is 0 Å². The molecule has 0 aromatic carbocycles. The van der Waals surface area contributed by atoms with Crippen molar-refractivity contribution in [1.82, 2.24) is 0 Å². The Morgan fingerprint density at radius 1 is 1.17 bits per heavy atom. The molecule has 0 bridgehead atoms. The summed E-state index contributed by atoms with van der Waals surface area (Å²) in [4.78, 5) is 4.35. The number of hydrogen-bond donors (Lipinski definition) is 0. The van der Waals surface area contributed by atoms with Gasteiger partial charge in [0.2, 0.25) is 0 Å². The molecule has 1 radical (unpaired) electrons. The molecule has 0 saturated carbocycles. The van der Waals surface area contributed by atoms with Crippen LogP contribution in [-0.4, -0.2) is 18.9 Å². The van der Waals surface area contributed by atoms with Crippen molar-refractivity contribution in [2.75, 3.05) is 13.1 Å². The molecule has 69 valence electrons. The predicted molar refractivity (Wildman–Crippen MR) is 51.4 cm³/mol. The number of hydrogen-bond acceptors (Lipinski definition) is 1. The molecule has 0 aromatic heterocycles. The average Bonchev–Trinajstić information content (AvgIpc) is 2.05. The van der Waals surface area contributed by atoms with E-state index >= 15 is 0 Å². The van der Waals surface area contributed by atoms with Crippen molar-refractivity contribution in [2.24, 2.45) is 4.99 Å². The molecule has 0 aliphatic carbocycles. The molecule has 0 saturated heterocycles. The van der Waals surface area contributed by atoms with Crippen LogP contribution in [0.2, 0.25) is 0 Å². The normalized spacial score (nSPS) is 10.8. The molecule has 0 aromatic rings. The smallest absolute Gasteiger partial charge is 0 e. The van der Waals surface area contributed by atoms with Gasteiger partial charge in [0, 0.05) is 32.7 Å². The minimum absolute atomic E-state index is 0. The van der Waals surface area contributed by atoms with Crippen molar-refractivity contribution in [3.63, 3.8) is 0 Å². The summed E-state index contributed by atoms with van der Waals surface area (Å²) in [5.74, 6) is 1.04. The monoisotopic (exact) mass is 244 g/mol. The van der Waals surface area contributed by atoms with Crippen LogP contribution in [0, 0.1) is 0 Å². The summed E-state index contributed by atoms with van der Waals surface area (Å²) < 4.78 is 0. The van der Waals surface area contributed by atoms with Crippen molar-refractivity contribution in [3.8, 4) is 0 Å². The molecule has 0 atom stereocenters. The summed E-state index contributed by atoms with van der Waals surface area (Å²) in [6.45, 7) is 8.23. The average molecular weight is 244 g/mol. The Hall–Kier alpha value is 0.574. The van der Waals surface area contributed by atoms with Crippen LogP contribution in [0.25, 0.3) is 5.32 Å². The minimum atomic E-state index is 0. The third-order valence-corrected chi connectivity index (χ3v) is 1.35. The van der Waals surface area contributed by atoms with Crippen molar-refractivity contribution in [2.45, 2.75) is 40.0 Å².